The van der Waals surface area contributed by atoms with Crippen molar-refractivity contribution in [3.05, 3.63) is 99.8 Å². The number of benzene rings is 3. The summed E-state index contributed by atoms with van der Waals surface area (Å²) in [6.07, 6.45) is 1.80. The number of halogens is 3. The van der Waals surface area contributed by atoms with Gasteiger partial charge in [0.05, 0.1) is 15.7 Å². The molecule has 1 N–H and O–H groups in total. The second-order valence-corrected chi connectivity index (χ2v) is 12.8. The van der Waals surface area contributed by atoms with Gasteiger partial charge in [-0.3, -0.25) is 9.59 Å². The Balaban J connectivity index is 2.09. The first-order valence-electron chi connectivity index (χ1n) is 13.4. The Bertz CT molecular complexity index is 1460. The number of carbonyl (C=O) groups is 2. The third kappa shape index (κ3) is 8.91. The van der Waals surface area contributed by atoms with Crippen LogP contribution in [0, 0.1) is 5.82 Å². The lowest BCUT2D eigenvalue weighted by atomic mass is 10.0. The summed E-state index contributed by atoms with van der Waals surface area (Å²) in [5.41, 5.74) is 1.51. The molecule has 0 aromatic heterocycles. The summed E-state index contributed by atoms with van der Waals surface area (Å²) in [5.74, 6) is -1.56. The van der Waals surface area contributed by atoms with E-state index in [1.165, 1.54) is 31.1 Å². The summed E-state index contributed by atoms with van der Waals surface area (Å²) in [7, 11) is -1.51. The highest BCUT2D eigenvalue weighted by Gasteiger charge is 2.34. The second kappa shape index (κ2) is 15.3. The molecule has 0 saturated heterocycles. The van der Waals surface area contributed by atoms with Crippen molar-refractivity contribution in [3.63, 3.8) is 0 Å². The summed E-state index contributed by atoms with van der Waals surface area (Å²) in [6.45, 7) is 1.74. The van der Waals surface area contributed by atoms with Crippen LogP contribution in [0.4, 0.5) is 10.1 Å². The molecule has 0 radical (unpaired) electrons. The van der Waals surface area contributed by atoms with E-state index in [0.717, 1.165) is 39.1 Å². The van der Waals surface area contributed by atoms with E-state index in [2.05, 4.69) is 5.32 Å². The molecule has 0 fully saturated rings. The molecular formula is C30H35Cl2FN4O4S. The predicted molar refractivity (Wildman–Crippen MR) is 165 cm³/mol. The highest BCUT2D eigenvalue weighted by Crippen LogP contribution is 2.25. The van der Waals surface area contributed by atoms with Crippen LogP contribution in [0.5, 0.6) is 0 Å². The summed E-state index contributed by atoms with van der Waals surface area (Å²) < 4.78 is 42.3. The maximum absolute atomic E-state index is 14.2. The minimum atomic E-state index is -4.18. The summed E-state index contributed by atoms with van der Waals surface area (Å²) in [4.78, 5) is 29.2. The molecule has 0 aliphatic heterocycles. The fourth-order valence-corrected chi connectivity index (χ4v) is 5.60. The first-order chi connectivity index (χ1) is 19.9. The molecule has 0 bridgehead atoms. The Kier molecular flexibility index (Phi) is 12.2. The summed E-state index contributed by atoms with van der Waals surface area (Å²) in [5, 5.41) is 3.53. The zero-order valence-corrected chi connectivity index (χ0v) is 26.1. The van der Waals surface area contributed by atoms with Crippen molar-refractivity contribution in [2.24, 2.45) is 0 Å². The Morgan fingerprint density at radius 3 is 2.19 bits per heavy atom. The molecule has 0 spiro atoms. The van der Waals surface area contributed by atoms with E-state index < -0.39 is 34.5 Å². The topological polar surface area (TPSA) is 90.0 Å². The number of anilines is 1. The van der Waals surface area contributed by atoms with Gasteiger partial charge in [0.25, 0.3) is 0 Å². The number of hydrogen-bond acceptors (Lipinski definition) is 4. The predicted octanol–water partition coefficient (Wildman–Crippen LogP) is 5.30. The van der Waals surface area contributed by atoms with E-state index in [4.69, 9.17) is 23.2 Å². The first-order valence-corrected chi connectivity index (χ1v) is 15.6. The number of nitrogens with zero attached hydrogens (tertiary/aromatic N) is 3. The van der Waals surface area contributed by atoms with Gasteiger partial charge >= 0.3 is 10.2 Å². The number of amides is 2. The van der Waals surface area contributed by atoms with Gasteiger partial charge in [-0.2, -0.15) is 12.7 Å². The van der Waals surface area contributed by atoms with Gasteiger partial charge in [0, 0.05) is 33.6 Å². The quantitative estimate of drug-likeness (QED) is 0.243. The van der Waals surface area contributed by atoms with Gasteiger partial charge in [0.2, 0.25) is 11.8 Å². The van der Waals surface area contributed by atoms with Crippen molar-refractivity contribution in [1.29, 1.82) is 0 Å². The molecule has 226 valence electrons. The van der Waals surface area contributed by atoms with E-state index in [1.807, 2.05) is 37.3 Å². The van der Waals surface area contributed by atoms with Gasteiger partial charge in [-0.25, -0.2) is 8.70 Å². The zero-order chi connectivity index (χ0) is 30.9. The van der Waals surface area contributed by atoms with Crippen LogP contribution < -0.4 is 9.62 Å². The van der Waals surface area contributed by atoms with E-state index >= 15 is 0 Å². The van der Waals surface area contributed by atoms with E-state index in [9.17, 15) is 22.4 Å². The lowest BCUT2D eigenvalue weighted by molar-refractivity contribution is -0.140. The van der Waals surface area contributed by atoms with Crippen LogP contribution >= 0.6 is 23.2 Å². The third-order valence-electron chi connectivity index (χ3n) is 6.57. The van der Waals surface area contributed by atoms with Gasteiger partial charge in [0.1, 0.15) is 18.4 Å². The largest absolute Gasteiger partial charge is 0.354 e. The maximum Gasteiger partial charge on any atom is 0.304 e. The molecule has 0 aliphatic carbocycles. The van der Waals surface area contributed by atoms with E-state index in [0.29, 0.717) is 17.1 Å². The van der Waals surface area contributed by atoms with Crippen LogP contribution in [-0.2, 0) is 32.8 Å². The standard InChI is InChI=1S/C30H35Cl2FN4O4S/c1-4-5-17-34-30(39)28(19-22-9-7-6-8-10-22)36(20-23-11-16-26(31)27(32)18-23)29(38)21-37(42(40,41)35(2)3)25-14-12-24(33)13-15-25/h6-16,18,28H,4-5,17,19-21H2,1-3H3,(H,34,39)/t28-/m0/s1. The molecule has 2 amide bonds. The smallest absolute Gasteiger partial charge is 0.304 e. The number of hydrogen-bond donors (Lipinski definition) is 1. The molecular weight excluding hydrogens is 602 g/mol. The van der Waals surface area contributed by atoms with Crippen LogP contribution in [0.25, 0.3) is 0 Å². The fourth-order valence-electron chi connectivity index (χ4n) is 4.22. The van der Waals surface area contributed by atoms with Crippen molar-refractivity contribution < 1.29 is 22.4 Å². The van der Waals surface area contributed by atoms with Crippen LogP contribution in [0.15, 0.2) is 72.8 Å². The molecule has 0 unspecified atom stereocenters. The Morgan fingerprint density at radius 2 is 1.60 bits per heavy atom. The number of unbranched alkanes of at least 4 members (excludes halogenated alkanes) is 1. The average Bonchev–Trinajstić information content (AvgIpc) is 2.96. The summed E-state index contributed by atoms with van der Waals surface area (Å²) >= 11 is 12.4. The normalized spacial score (nSPS) is 12.2. The van der Waals surface area contributed by atoms with Crippen LogP contribution in [0.3, 0.4) is 0 Å². The van der Waals surface area contributed by atoms with Crippen LogP contribution in [0.1, 0.15) is 30.9 Å². The van der Waals surface area contributed by atoms with Crippen LogP contribution in [-0.4, -0.2) is 62.7 Å². The average molecular weight is 638 g/mol. The minimum Gasteiger partial charge on any atom is -0.354 e. The number of rotatable bonds is 14. The first kappa shape index (κ1) is 33.3. The molecule has 3 aromatic carbocycles. The molecule has 8 nitrogen and oxygen atoms in total. The number of carbonyl (C=O) groups excluding carboxylic acids is 2. The van der Waals surface area contributed by atoms with Gasteiger partial charge in [0.15, 0.2) is 0 Å². The molecule has 12 heteroatoms. The Morgan fingerprint density at radius 1 is 0.929 bits per heavy atom. The van der Waals surface area contributed by atoms with Crippen molar-refractivity contribution in [1.82, 2.24) is 14.5 Å². The second-order valence-electron chi connectivity index (χ2n) is 9.89. The van der Waals surface area contributed by atoms with Gasteiger partial charge in [-0.15, -0.1) is 0 Å². The zero-order valence-electron chi connectivity index (χ0n) is 23.8. The van der Waals surface area contributed by atoms with Crippen molar-refractivity contribution in [2.45, 2.75) is 38.8 Å². The highest BCUT2D eigenvalue weighted by molar-refractivity contribution is 7.90. The van der Waals surface area contributed by atoms with Gasteiger partial charge in [-0.05, 0) is 53.9 Å². The lowest BCUT2D eigenvalue weighted by Gasteiger charge is -2.34. The molecule has 1 atom stereocenters. The van der Waals surface area contributed by atoms with E-state index in [-0.39, 0.29) is 29.6 Å². The number of nitrogens with one attached hydrogen (secondary N) is 1. The highest BCUT2D eigenvalue weighted by atomic mass is 35.5. The molecule has 0 aliphatic rings. The van der Waals surface area contributed by atoms with Crippen molar-refractivity contribution in [3.8, 4) is 0 Å². The SMILES string of the molecule is CCCCNC(=O)[C@H](Cc1ccccc1)N(Cc1ccc(Cl)c(Cl)c1)C(=O)CN(c1ccc(F)cc1)S(=O)(=O)N(C)C. The lowest BCUT2D eigenvalue weighted by Crippen LogP contribution is -2.54. The molecule has 3 rings (SSSR count). The van der Waals surface area contributed by atoms with Crippen molar-refractivity contribution >= 4 is 50.9 Å². The van der Waals surface area contributed by atoms with E-state index in [1.54, 1.807) is 18.2 Å². The maximum atomic E-state index is 14.2. The molecule has 42 heavy (non-hydrogen) atoms. The van der Waals surface area contributed by atoms with Crippen LogP contribution in [0.2, 0.25) is 10.0 Å². The minimum absolute atomic E-state index is 0.0479. The molecule has 3 aromatic rings. The molecule has 0 heterocycles. The Hall–Kier alpha value is -3.18. The monoisotopic (exact) mass is 636 g/mol. The summed E-state index contributed by atoms with van der Waals surface area (Å²) in [6, 6.07) is 18.0. The third-order valence-corrected chi connectivity index (χ3v) is 9.13. The Labute approximate surface area is 257 Å². The van der Waals surface area contributed by atoms with Gasteiger partial charge < -0.3 is 10.2 Å². The van der Waals surface area contributed by atoms with Gasteiger partial charge in [-0.1, -0.05) is 72.9 Å². The molecule has 0 saturated carbocycles. The fraction of sp³-hybridized carbons (Fsp3) is 0.333. The van der Waals surface area contributed by atoms with Crippen molar-refractivity contribution in [2.75, 3.05) is 31.5 Å².